The number of likely N-dealkylation sites (N-methyl/N-ethyl adjacent to an activating group) is 2. The zero-order valence-electron chi connectivity index (χ0n) is 12.6. The van der Waals surface area contributed by atoms with Gasteiger partial charge in [-0.1, -0.05) is 24.6 Å². The summed E-state index contributed by atoms with van der Waals surface area (Å²) in [5.74, 6) is -0.245. The lowest BCUT2D eigenvalue weighted by Crippen LogP contribution is -2.46. The van der Waals surface area contributed by atoms with Crippen LogP contribution in [0.3, 0.4) is 0 Å². The van der Waals surface area contributed by atoms with Gasteiger partial charge in [0.15, 0.2) is 0 Å². The zero-order chi connectivity index (χ0) is 15.8. The third-order valence-electron chi connectivity index (χ3n) is 3.15. The van der Waals surface area contributed by atoms with Crippen molar-refractivity contribution in [3.05, 3.63) is 29.3 Å². The highest BCUT2D eigenvalue weighted by molar-refractivity contribution is 6.30. The maximum atomic E-state index is 12.2. The lowest BCUT2D eigenvalue weighted by Gasteiger charge is -2.26. The number of carbonyl (C=O) groups excluding carboxylic acids is 2. The van der Waals surface area contributed by atoms with Crippen LogP contribution in [0, 0.1) is 0 Å². The molecule has 116 valence electrons. The first-order valence-corrected chi connectivity index (χ1v) is 7.42. The first kappa shape index (κ1) is 17.5. The van der Waals surface area contributed by atoms with Crippen LogP contribution in [0.25, 0.3) is 0 Å². The van der Waals surface area contributed by atoms with Crippen LogP contribution in [-0.4, -0.2) is 42.4 Å². The quantitative estimate of drug-likeness (QED) is 0.811. The molecule has 2 N–H and O–H groups in total. The Kier molecular flexibility index (Phi) is 7.19. The molecule has 0 heterocycles. The molecule has 0 saturated heterocycles. The van der Waals surface area contributed by atoms with E-state index in [1.807, 2.05) is 18.7 Å². The van der Waals surface area contributed by atoms with E-state index in [1.54, 1.807) is 31.2 Å². The summed E-state index contributed by atoms with van der Waals surface area (Å²) in [6.45, 7) is 6.96. The topological polar surface area (TPSA) is 61.4 Å². The standard InChI is InChI=1S/C15H22ClN3O2/c1-4-17-14(20)10-19(5-2)11(3)15(21)18-13-8-6-7-12(16)9-13/h6-9,11H,4-5,10H2,1-3H3,(H,17,20)(H,18,21)/t11-/m1/s1. The van der Waals surface area contributed by atoms with E-state index in [2.05, 4.69) is 10.6 Å². The molecule has 0 aromatic heterocycles. The molecular formula is C15H22ClN3O2. The fourth-order valence-electron chi connectivity index (χ4n) is 1.94. The molecule has 1 rings (SSSR count). The van der Waals surface area contributed by atoms with Gasteiger partial charge in [-0.2, -0.15) is 0 Å². The van der Waals surface area contributed by atoms with Gasteiger partial charge < -0.3 is 10.6 Å². The molecule has 0 fully saturated rings. The van der Waals surface area contributed by atoms with Crippen LogP contribution in [0.1, 0.15) is 20.8 Å². The number of carbonyl (C=O) groups is 2. The highest BCUT2D eigenvalue weighted by Crippen LogP contribution is 2.15. The van der Waals surface area contributed by atoms with Crippen molar-refractivity contribution in [3.8, 4) is 0 Å². The minimum atomic E-state index is -0.406. The van der Waals surface area contributed by atoms with Crippen LogP contribution < -0.4 is 10.6 Å². The van der Waals surface area contributed by atoms with E-state index < -0.39 is 6.04 Å². The Labute approximate surface area is 130 Å². The monoisotopic (exact) mass is 311 g/mol. The minimum Gasteiger partial charge on any atom is -0.355 e. The summed E-state index contributed by atoms with van der Waals surface area (Å²) in [5.41, 5.74) is 0.647. The summed E-state index contributed by atoms with van der Waals surface area (Å²) in [5, 5.41) is 6.10. The predicted molar refractivity (Wildman–Crippen MR) is 85.5 cm³/mol. The van der Waals surface area contributed by atoms with Crippen molar-refractivity contribution in [3.63, 3.8) is 0 Å². The number of halogens is 1. The van der Waals surface area contributed by atoms with Crippen LogP contribution in [0.15, 0.2) is 24.3 Å². The first-order chi connectivity index (χ1) is 9.97. The van der Waals surface area contributed by atoms with Crippen molar-refractivity contribution in [2.75, 3.05) is 25.0 Å². The van der Waals surface area contributed by atoms with E-state index in [9.17, 15) is 9.59 Å². The highest BCUT2D eigenvalue weighted by Gasteiger charge is 2.22. The van der Waals surface area contributed by atoms with Crippen molar-refractivity contribution in [2.45, 2.75) is 26.8 Å². The van der Waals surface area contributed by atoms with E-state index >= 15 is 0 Å². The number of amides is 2. The Bertz CT molecular complexity index is 494. The molecule has 0 aliphatic rings. The normalized spacial score (nSPS) is 12.0. The molecular weight excluding hydrogens is 290 g/mol. The van der Waals surface area contributed by atoms with E-state index in [4.69, 9.17) is 11.6 Å². The Hall–Kier alpha value is -1.59. The van der Waals surface area contributed by atoms with E-state index in [0.717, 1.165) is 0 Å². The van der Waals surface area contributed by atoms with Crippen LogP contribution in [0.4, 0.5) is 5.69 Å². The molecule has 21 heavy (non-hydrogen) atoms. The van der Waals surface area contributed by atoms with Crippen LogP contribution in [-0.2, 0) is 9.59 Å². The number of rotatable bonds is 7. The molecule has 0 radical (unpaired) electrons. The molecule has 5 nitrogen and oxygen atoms in total. The van der Waals surface area contributed by atoms with Gasteiger partial charge in [0.05, 0.1) is 12.6 Å². The van der Waals surface area contributed by atoms with Crippen LogP contribution in [0.2, 0.25) is 5.02 Å². The third kappa shape index (κ3) is 5.73. The molecule has 0 bridgehead atoms. The van der Waals surface area contributed by atoms with Gasteiger partial charge in [0.25, 0.3) is 0 Å². The lowest BCUT2D eigenvalue weighted by molar-refractivity contribution is -0.125. The van der Waals surface area contributed by atoms with Crippen molar-refractivity contribution in [1.82, 2.24) is 10.2 Å². The van der Waals surface area contributed by atoms with Gasteiger partial charge in [-0.15, -0.1) is 0 Å². The van der Waals surface area contributed by atoms with Gasteiger partial charge >= 0.3 is 0 Å². The second-order valence-corrected chi connectivity index (χ2v) is 5.13. The molecule has 0 saturated carbocycles. The molecule has 2 amide bonds. The Balaban J connectivity index is 2.64. The van der Waals surface area contributed by atoms with E-state index in [1.165, 1.54) is 0 Å². The SMILES string of the molecule is CCNC(=O)CN(CC)[C@H](C)C(=O)Nc1cccc(Cl)c1. The van der Waals surface area contributed by atoms with Crippen molar-refractivity contribution < 1.29 is 9.59 Å². The van der Waals surface area contributed by atoms with E-state index in [0.29, 0.717) is 23.8 Å². The van der Waals surface area contributed by atoms with Gasteiger partial charge in [0, 0.05) is 17.3 Å². The summed E-state index contributed by atoms with van der Waals surface area (Å²) in [7, 11) is 0. The zero-order valence-corrected chi connectivity index (χ0v) is 13.4. The maximum absolute atomic E-state index is 12.2. The number of benzene rings is 1. The fraction of sp³-hybridized carbons (Fsp3) is 0.467. The first-order valence-electron chi connectivity index (χ1n) is 7.05. The van der Waals surface area contributed by atoms with Gasteiger partial charge in [0.2, 0.25) is 11.8 Å². The number of nitrogens with one attached hydrogen (secondary N) is 2. The Morgan fingerprint density at radius 1 is 1.33 bits per heavy atom. The third-order valence-corrected chi connectivity index (χ3v) is 3.38. The molecule has 0 unspecified atom stereocenters. The summed E-state index contributed by atoms with van der Waals surface area (Å²) >= 11 is 5.89. The van der Waals surface area contributed by atoms with Crippen molar-refractivity contribution in [2.24, 2.45) is 0 Å². The molecule has 0 aliphatic heterocycles. The molecule has 1 aromatic carbocycles. The molecule has 1 aromatic rings. The van der Waals surface area contributed by atoms with Gasteiger partial charge in [-0.25, -0.2) is 0 Å². The average Bonchev–Trinajstić information content (AvgIpc) is 2.44. The maximum Gasteiger partial charge on any atom is 0.241 e. The fourth-order valence-corrected chi connectivity index (χ4v) is 2.13. The molecule has 0 aliphatic carbocycles. The number of hydrogen-bond donors (Lipinski definition) is 2. The number of hydrogen-bond acceptors (Lipinski definition) is 3. The van der Waals surface area contributed by atoms with Gasteiger partial charge in [-0.05, 0) is 38.6 Å². The summed E-state index contributed by atoms with van der Waals surface area (Å²) < 4.78 is 0. The predicted octanol–water partition coefficient (Wildman–Crippen LogP) is 2.12. The summed E-state index contributed by atoms with van der Waals surface area (Å²) in [6.07, 6.45) is 0. The largest absolute Gasteiger partial charge is 0.355 e. The Morgan fingerprint density at radius 2 is 2.05 bits per heavy atom. The van der Waals surface area contributed by atoms with Crippen molar-refractivity contribution >= 4 is 29.1 Å². The Morgan fingerprint density at radius 3 is 2.62 bits per heavy atom. The highest BCUT2D eigenvalue weighted by atomic mass is 35.5. The smallest absolute Gasteiger partial charge is 0.241 e. The van der Waals surface area contributed by atoms with E-state index in [-0.39, 0.29) is 18.4 Å². The number of nitrogens with zero attached hydrogens (tertiary/aromatic N) is 1. The second-order valence-electron chi connectivity index (χ2n) is 4.69. The van der Waals surface area contributed by atoms with Crippen molar-refractivity contribution in [1.29, 1.82) is 0 Å². The van der Waals surface area contributed by atoms with Gasteiger partial charge in [0.1, 0.15) is 0 Å². The molecule has 1 atom stereocenters. The second kappa shape index (κ2) is 8.64. The average molecular weight is 312 g/mol. The molecule has 0 spiro atoms. The minimum absolute atomic E-state index is 0.0817. The molecule has 6 heteroatoms. The van der Waals surface area contributed by atoms with Crippen LogP contribution >= 0.6 is 11.6 Å². The summed E-state index contributed by atoms with van der Waals surface area (Å²) in [6, 6.07) is 6.57. The number of anilines is 1. The lowest BCUT2D eigenvalue weighted by atomic mass is 10.2. The van der Waals surface area contributed by atoms with Gasteiger partial charge in [-0.3, -0.25) is 14.5 Å². The van der Waals surface area contributed by atoms with Crippen LogP contribution in [0.5, 0.6) is 0 Å². The summed E-state index contributed by atoms with van der Waals surface area (Å²) in [4.78, 5) is 25.7.